The molecule has 0 aliphatic carbocycles. The molecule has 0 saturated heterocycles. The summed E-state index contributed by atoms with van der Waals surface area (Å²) < 4.78 is 9.53. The standard InChI is InChI=1S/C32H18BrNO/c33-23-13-15-30-26(18-23)25-17-22(12-14-29(25)35-30)21-6-1-7-24(16-21)34-27-8-2-4-19-10-11-20-5-3-9-28(34)32(20)31(19)27/h1-18H. The first-order chi connectivity index (χ1) is 17.2. The maximum absolute atomic E-state index is 6.07. The highest BCUT2D eigenvalue weighted by atomic mass is 79.9. The van der Waals surface area contributed by atoms with Crippen LogP contribution in [-0.4, -0.2) is 4.57 Å². The van der Waals surface area contributed by atoms with Crippen molar-refractivity contribution in [1.29, 1.82) is 0 Å². The minimum atomic E-state index is 0.908. The third kappa shape index (κ3) is 2.70. The van der Waals surface area contributed by atoms with Gasteiger partial charge in [-0.15, -0.1) is 0 Å². The van der Waals surface area contributed by atoms with Gasteiger partial charge >= 0.3 is 0 Å². The second-order valence-electron chi connectivity index (χ2n) is 9.16. The molecule has 0 spiro atoms. The molecule has 2 aromatic heterocycles. The zero-order valence-electron chi connectivity index (χ0n) is 18.6. The largest absolute Gasteiger partial charge is 0.456 e. The average Bonchev–Trinajstić information content (AvgIpc) is 3.43. The molecular formula is C32H18BrNO. The van der Waals surface area contributed by atoms with Crippen molar-refractivity contribution in [2.24, 2.45) is 0 Å². The van der Waals surface area contributed by atoms with Crippen LogP contribution in [0.3, 0.4) is 0 Å². The van der Waals surface area contributed by atoms with E-state index in [4.69, 9.17) is 4.42 Å². The fourth-order valence-corrected chi connectivity index (χ4v) is 6.01. The summed E-state index contributed by atoms with van der Waals surface area (Å²) in [5, 5.41) is 7.49. The van der Waals surface area contributed by atoms with Crippen molar-refractivity contribution in [3.63, 3.8) is 0 Å². The van der Waals surface area contributed by atoms with Crippen molar-refractivity contribution in [2.45, 2.75) is 0 Å². The van der Waals surface area contributed by atoms with Crippen molar-refractivity contribution < 1.29 is 4.42 Å². The molecule has 164 valence electrons. The Morgan fingerprint density at radius 1 is 0.543 bits per heavy atom. The van der Waals surface area contributed by atoms with Gasteiger partial charge in [0.15, 0.2) is 0 Å². The van der Waals surface area contributed by atoms with Crippen LogP contribution >= 0.6 is 15.9 Å². The van der Waals surface area contributed by atoms with E-state index in [1.165, 1.54) is 49.4 Å². The molecule has 6 aromatic carbocycles. The monoisotopic (exact) mass is 511 g/mol. The number of benzene rings is 6. The highest BCUT2D eigenvalue weighted by Gasteiger charge is 2.16. The molecule has 3 heteroatoms. The Hall–Kier alpha value is -4.08. The summed E-state index contributed by atoms with van der Waals surface area (Å²) in [5.74, 6) is 0. The first kappa shape index (κ1) is 19.2. The number of furan rings is 1. The van der Waals surface area contributed by atoms with Gasteiger partial charge in [0.2, 0.25) is 0 Å². The minimum absolute atomic E-state index is 0.908. The van der Waals surface area contributed by atoms with E-state index in [1.807, 2.05) is 12.1 Å². The smallest absolute Gasteiger partial charge is 0.135 e. The lowest BCUT2D eigenvalue weighted by Gasteiger charge is -2.10. The molecule has 0 bridgehead atoms. The van der Waals surface area contributed by atoms with E-state index in [0.717, 1.165) is 26.4 Å². The number of fused-ring (bicyclic) bond motifs is 3. The fourth-order valence-electron chi connectivity index (χ4n) is 5.65. The Bertz CT molecular complexity index is 2010. The van der Waals surface area contributed by atoms with Gasteiger partial charge in [0, 0.05) is 31.7 Å². The zero-order valence-corrected chi connectivity index (χ0v) is 20.2. The molecule has 0 atom stereocenters. The number of halogens is 1. The Labute approximate surface area is 209 Å². The maximum atomic E-state index is 6.07. The van der Waals surface area contributed by atoms with Crippen LogP contribution in [0.25, 0.3) is 71.3 Å². The van der Waals surface area contributed by atoms with E-state index >= 15 is 0 Å². The number of rotatable bonds is 2. The molecule has 35 heavy (non-hydrogen) atoms. The van der Waals surface area contributed by atoms with Crippen LogP contribution in [0.5, 0.6) is 0 Å². The van der Waals surface area contributed by atoms with Gasteiger partial charge < -0.3 is 8.98 Å². The number of hydrogen-bond acceptors (Lipinski definition) is 1. The summed E-state index contributed by atoms with van der Waals surface area (Å²) in [6.45, 7) is 0. The molecule has 2 heterocycles. The number of nitrogens with zero attached hydrogens (tertiary/aromatic N) is 1. The van der Waals surface area contributed by atoms with E-state index in [0.29, 0.717) is 0 Å². The van der Waals surface area contributed by atoms with Crippen molar-refractivity contribution in [2.75, 3.05) is 0 Å². The molecule has 2 nitrogen and oxygen atoms in total. The zero-order chi connectivity index (χ0) is 23.1. The van der Waals surface area contributed by atoms with Gasteiger partial charge in [0.1, 0.15) is 11.2 Å². The predicted octanol–water partition coefficient (Wildman–Crippen LogP) is 9.70. The van der Waals surface area contributed by atoms with Crippen molar-refractivity contribution in [3.05, 3.63) is 114 Å². The van der Waals surface area contributed by atoms with E-state index in [9.17, 15) is 0 Å². The van der Waals surface area contributed by atoms with Gasteiger partial charge in [-0.05, 0) is 76.5 Å². The molecular weight excluding hydrogens is 494 g/mol. The molecule has 0 unspecified atom stereocenters. The second kappa shape index (κ2) is 6.97. The van der Waals surface area contributed by atoms with E-state index in [-0.39, 0.29) is 0 Å². The Morgan fingerprint density at radius 2 is 1.17 bits per heavy atom. The molecule has 0 amide bonds. The lowest BCUT2D eigenvalue weighted by Crippen LogP contribution is -1.94. The van der Waals surface area contributed by atoms with E-state index in [1.54, 1.807) is 0 Å². The van der Waals surface area contributed by atoms with Crippen LogP contribution in [0.2, 0.25) is 0 Å². The van der Waals surface area contributed by atoms with Crippen molar-refractivity contribution >= 4 is 70.4 Å². The van der Waals surface area contributed by atoms with Crippen molar-refractivity contribution in [1.82, 2.24) is 4.57 Å². The lowest BCUT2D eigenvalue weighted by molar-refractivity contribution is 0.669. The van der Waals surface area contributed by atoms with Gasteiger partial charge in [-0.25, -0.2) is 0 Å². The van der Waals surface area contributed by atoms with Gasteiger partial charge in [0.25, 0.3) is 0 Å². The third-order valence-electron chi connectivity index (χ3n) is 7.19. The SMILES string of the molecule is Brc1ccc2oc3ccc(-c4cccc(-n5c6cccc7ccc8cccc5c8c76)c4)cc3c2c1. The van der Waals surface area contributed by atoms with Crippen LogP contribution in [0.4, 0.5) is 0 Å². The van der Waals surface area contributed by atoms with Gasteiger partial charge in [-0.1, -0.05) is 70.5 Å². The Kier molecular flexibility index (Phi) is 3.83. The molecule has 8 aromatic rings. The third-order valence-corrected chi connectivity index (χ3v) is 7.69. The molecule has 8 rings (SSSR count). The summed E-state index contributed by atoms with van der Waals surface area (Å²) in [5.41, 5.74) is 7.83. The van der Waals surface area contributed by atoms with Crippen LogP contribution in [0, 0.1) is 0 Å². The molecule has 0 fully saturated rings. The molecule has 0 N–H and O–H groups in total. The van der Waals surface area contributed by atoms with E-state index in [2.05, 4.69) is 118 Å². The summed E-state index contributed by atoms with van der Waals surface area (Å²) >= 11 is 3.60. The van der Waals surface area contributed by atoms with Crippen LogP contribution in [0.1, 0.15) is 0 Å². The second-order valence-corrected chi connectivity index (χ2v) is 10.1. The number of aromatic nitrogens is 1. The topological polar surface area (TPSA) is 18.1 Å². The molecule has 0 aliphatic heterocycles. The first-order valence-electron chi connectivity index (χ1n) is 11.7. The fraction of sp³-hybridized carbons (Fsp3) is 0. The van der Waals surface area contributed by atoms with Crippen LogP contribution in [0.15, 0.2) is 118 Å². The average molecular weight is 512 g/mol. The quantitative estimate of drug-likeness (QED) is 0.211. The van der Waals surface area contributed by atoms with Crippen molar-refractivity contribution in [3.8, 4) is 16.8 Å². The lowest BCUT2D eigenvalue weighted by atomic mass is 10.0. The van der Waals surface area contributed by atoms with Gasteiger partial charge in [-0.2, -0.15) is 0 Å². The molecule has 0 aliphatic rings. The number of hydrogen-bond donors (Lipinski definition) is 0. The summed E-state index contributed by atoms with van der Waals surface area (Å²) in [7, 11) is 0. The summed E-state index contributed by atoms with van der Waals surface area (Å²) in [4.78, 5) is 0. The van der Waals surface area contributed by atoms with E-state index < -0.39 is 0 Å². The summed E-state index contributed by atoms with van der Waals surface area (Å²) in [6.07, 6.45) is 0. The highest BCUT2D eigenvalue weighted by Crippen LogP contribution is 2.39. The Morgan fingerprint density at radius 3 is 1.91 bits per heavy atom. The highest BCUT2D eigenvalue weighted by molar-refractivity contribution is 9.10. The first-order valence-corrected chi connectivity index (χ1v) is 12.5. The minimum Gasteiger partial charge on any atom is -0.456 e. The molecule has 0 radical (unpaired) electrons. The van der Waals surface area contributed by atoms with Gasteiger partial charge in [-0.3, -0.25) is 0 Å². The Balaban J connectivity index is 1.37. The normalized spacial score (nSPS) is 12.1. The van der Waals surface area contributed by atoms with Crippen LogP contribution < -0.4 is 0 Å². The van der Waals surface area contributed by atoms with Gasteiger partial charge in [0.05, 0.1) is 11.0 Å². The predicted molar refractivity (Wildman–Crippen MR) is 150 cm³/mol. The maximum Gasteiger partial charge on any atom is 0.135 e. The molecule has 0 saturated carbocycles. The van der Waals surface area contributed by atoms with Crippen LogP contribution in [-0.2, 0) is 0 Å². The summed E-state index contributed by atoms with van der Waals surface area (Å²) in [6, 6.07) is 39.1.